The van der Waals surface area contributed by atoms with E-state index in [1.165, 1.54) is 51.4 Å². The van der Waals surface area contributed by atoms with Crippen LogP contribution in [0.5, 0.6) is 0 Å². The fourth-order valence-electron chi connectivity index (χ4n) is 4.77. The van der Waals surface area contributed by atoms with Crippen LogP contribution < -0.4 is 0 Å². The van der Waals surface area contributed by atoms with Crippen LogP contribution >= 0.6 is 11.8 Å². The highest BCUT2D eigenvalue weighted by Gasteiger charge is 2.47. The molecule has 3 aliphatic rings. The molecular formula is C20H32O3S. The topological polar surface area (TPSA) is 46.5 Å². The van der Waals surface area contributed by atoms with E-state index in [1.807, 2.05) is 0 Å². The van der Waals surface area contributed by atoms with E-state index in [4.69, 9.17) is 9.84 Å². The summed E-state index contributed by atoms with van der Waals surface area (Å²) in [6, 6.07) is 0. The van der Waals surface area contributed by atoms with Gasteiger partial charge < -0.3 is 9.84 Å². The second kappa shape index (κ2) is 9.28. The molecule has 0 spiro atoms. The molecule has 0 unspecified atom stereocenters. The molecular weight excluding hydrogens is 320 g/mol. The van der Waals surface area contributed by atoms with Gasteiger partial charge in [-0.05, 0) is 63.2 Å². The van der Waals surface area contributed by atoms with E-state index in [0.717, 1.165) is 41.8 Å². The number of carboxylic acids is 1. The summed E-state index contributed by atoms with van der Waals surface area (Å²) in [7, 11) is 0. The number of rotatable bonds is 10. The summed E-state index contributed by atoms with van der Waals surface area (Å²) < 4.78 is 6.12. The van der Waals surface area contributed by atoms with Crippen LogP contribution in [0.3, 0.4) is 0 Å². The normalized spacial score (nSPS) is 33.0. The number of carboxylic acid groups (broad SMARTS) is 1. The highest BCUT2D eigenvalue weighted by atomic mass is 32.2. The molecule has 1 N–H and O–H groups in total. The maximum absolute atomic E-state index is 10.5. The van der Waals surface area contributed by atoms with Gasteiger partial charge in [-0.25, -0.2) is 0 Å². The second-order valence-electron chi connectivity index (χ2n) is 7.68. The van der Waals surface area contributed by atoms with Crippen molar-refractivity contribution in [3.63, 3.8) is 0 Å². The Morgan fingerprint density at radius 1 is 1.08 bits per heavy atom. The Kier molecular flexibility index (Phi) is 7.08. The van der Waals surface area contributed by atoms with Crippen LogP contribution in [0.15, 0.2) is 12.2 Å². The number of ether oxygens (including phenoxy) is 1. The zero-order chi connectivity index (χ0) is 16.8. The van der Waals surface area contributed by atoms with Crippen LogP contribution in [0, 0.1) is 11.8 Å². The first kappa shape index (κ1) is 18.3. The lowest BCUT2D eigenvalue weighted by Crippen LogP contribution is -2.28. The minimum Gasteiger partial charge on any atom is -0.481 e. The van der Waals surface area contributed by atoms with Crippen molar-refractivity contribution in [2.24, 2.45) is 11.8 Å². The van der Waals surface area contributed by atoms with Gasteiger partial charge in [0.15, 0.2) is 0 Å². The summed E-state index contributed by atoms with van der Waals surface area (Å²) in [5.74, 6) is 0.964. The van der Waals surface area contributed by atoms with Crippen molar-refractivity contribution in [2.75, 3.05) is 6.61 Å². The second-order valence-corrected chi connectivity index (χ2v) is 9.16. The van der Waals surface area contributed by atoms with Gasteiger partial charge >= 0.3 is 5.97 Å². The molecule has 2 saturated heterocycles. The van der Waals surface area contributed by atoms with Crippen LogP contribution in [-0.4, -0.2) is 34.3 Å². The molecule has 1 aliphatic carbocycles. The fourth-order valence-corrected chi connectivity index (χ4v) is 6.81. The Balaban J connectivity index is 1.39. The summed E-state index contributed by atoms with van der Waals surface area (Å²) in [6.07, 6.45) is 17.5. The largest absolute Gasteiger partial charge is 0.481 e. The van der Waals surface area contributed by atoms with E-state index < -0.39 is 5.97 Å². The number of fused-ring (bicyclic) bond motifs is 2. The smallest absolute Gasteiger partial charge is 0.303 e. The van der Waals surface area contributed by atoms with Crippen molar-refractivity contribution < 1.29 is 14.6 Å². The Hall–Kier alpha value is -0.480. The lowest BCUT2D eigenvalue weighted by Gasteiger charge is -2.29. The third kappa shape index (κ3) is 5.01. The molecule has 0 amide bonds. The Bertz CT molecular complexity index is 431. The van der Waals surface area contributed by atoms with E-state index in [1.54, 1.807) is 0 Å². The first-order valence-electron chi connectivity index (χ1n) is 9.88. The van der Waals surface area contributed by atoms with Crippen molar-refractivity contribution >= 4 is 17.7 Å². The SMILES string of the molecule is O=C(O)CCC/C=C\C[C@@H]1[C@H](CCOC2CCCC2)[C@@H]2CC[C@H]1S2. The summed E-state index contributed by atoms with van der Waals surface area (Å²) in [4.78, 5) is 10.5. The zero-order valence-electron chi connectivity index (χ0n) is 14.7. The predicted octanol–water partition coefficient (Wildman–Crippen LogP) is 5.05. The van der Waals surface area contributed by atoms with Gasteiger partial charge in [0.2, 0.25) is 0 Å². The van der Waals surface area contributed by atoms with Crippen LogP contribution in [0.25, 0.3) is 0 Å². The van der Waals surface area contributed by atoms with Crippen molar-refractivity contribution in [3.05, 3.63) is 12.2 Å². The fraction of sp³-hybridized carbons (Fsp3) is 0.850. The molecule has 136 valence electrons. The summed E-state index contributed by atoms with van der Waals surface area (Å²) in [5.41, 5.74) is 0. The van der Waals surface area contributed by atoms with E-state index >= 15 is 0 Å². The molecule has 3 rings (SSSR count). The van der Waals surface area contributed by atoms with E-state index in [-0.39, 0.29) is 6.42 Å². The maximum atomic E-state index is 10.5. The molecule has 4 heteroatoms. The Morgan fingerprint density at radius 3 is 2.58 bits per heavy atom. The van der Waals surface area contributed by atoms with Crippen LogP contribution in [0.2, 0.25) is 0 Å². The molecule has 4 atom stereocenters. The van der Waals surface area contributed by atoms with Crippen molar-refractivity contribution in [2.45, 2.75) is 87.2 Å². The van der Waals surface area contributed by atoms with E-state index in [9.17, 15) is 4.79 Å². The number of unbranched alkanes of at least 4 members (excludes halogenated alkanes) is 1. The van der Waals surface area contributed by atoms with E-state index in [2.05, 4.69) is 23.9 Å². The molecule has 0 aromatic rings. The number of hydrogen-bond donors (Lipinski definition) is 1. The number of carbonyl (C=O) groups is 1. The highest BCUT2D eigenvalue weighted by molar-refractivity contribution is 8.01. The molecule has 0 aromatic carbocycles. The summed E-state index contributed by atoms with van der Waals surface area (Å²) >= 11 is 2.24. The van der Waals surface area contributed by atoms with Gasteiger partial charge in [-0.15, -0.1) is 0 Å². The van der Waals surface area contributed by atoms with Crippen LogP contribution in [0.1, 0.15) is 70.6 Å². The number of hydrogen-bond acceptors (Lipinski definition) is 3. The molecule has 2 heterocycles. The van der Waals surface area contributed by atoms with E-state index in [0.29, 0.717) is 6.10 Å². The third-order valence-corrected chi connectivity index (χ3v) is 7.90. The Morgan fingerprint density at radius 2 is 1.83 bits per heavy atom. The first-order valence-corrected chi connectivity index (χ1v) is 10.8. The van der Waals surface area contributed by atoms with Crippen molar-refractivity contribution in [1.29, 1.82) is 0 Å². The molecule has 2 bridgehead atoms. The zero-order valence-corrected chi connectivity index (χ0v) is 15.5. The summed E-state index contributed by atoms with van der Waals surface area (Å²) in [6.45, 7) is 0.956. The highest BCUT2D eigenvalue weighted by Crippen LogP contribution is 2.55. The summed E-state index contributed by atoms with van der Waals surface area (Å²) in [5, 5.41) is 10.4. The molecule has 1 saturated carbocycles. The van der Waals surface area contributed by atoms with Crippen LogP contribution in [-0.2, 0) is 9.53 Å². The molecule has 0 radical (unpaired) electrons. The monoisotopic (exact) mass is 352 g/mol. The quantitative estimate of drug-likeness (QED) is 0.441. The van der Waals surface area contributed by atoms with Crippen LogP contribution in [0.4, 0.5) is 0 Å². The van der Waals surface area contributed by atoms with Gasteiger partial charge in [0.05, 0.1) is 6.10 Å². The van der Waals surface area contributed by atoms with Crippen molar-refractivity contribution in [3.8, 4) is 0 Å². The number of thioether (sulfide) groups is 1. The molecule has 2 aliphatic heterocycles. The van der Waals surface area contributed by atoms with Gasteiger partial charge in [-0.1, -0.05) is 25.0 Å². The van der Waals surface area contributed by atoms with Crippen molar-refractivity contribution in [1.82, 2.24) is 0 Å². The average Bonchev–Trinajstić information content (AvgIpc) is 3.28. The van der Waals surface area contributed by atoms with Gasteiger partial charge in [0.25, 0.3) is 0 Å². The van der Waals surface area contributed by atoms with Gasteiger partial charge in [0.1, 0.15) is 0 Å². The van der Waals surface area contributed by atoms with Gasteiger partial charge in [0, 0.05) is 23.5 Å². The standard InChI is InChI=1S/C20H32O3S/c21-20(22)10-4-2-1-3-9-16-17(19-12-11-18(16)24-19)13-14-23-15-7-5-6-8-15/h1,3,15-19H,2,4-14H2,(H,21,22)/b3-1-/t16-,17+,18-,19+/m1/s1. The molecule has 24 heavy (non-hydrogen) atoms. The first-order chi connectivity index (χ1) is 11.7. The lowest BCUT2D eigenvalue weighted by molar-refractivity contribution is -0.137. The Labute approximate surface area is 150 Å². The lowest BCUT2D eigenvalue weighted by atomic mass is 9.76. The number of allylic oxidation sites excluding steroid dienone is 2. The molecule has 3 fully saturated rings. The average molecular weight is 353 g/mol. The molecule has 0 aromatic heterocycles. The van der Waals surface area contributed by atoms with Gasteiger partial charge in [-0.2, -0.15) is 11.8 Å². The predicted molar refractivity (Wildman–Crippen MR) is 99.4 cm³/mol. The molecule has 3 nitrogen and oxygen atoms in total. The third-order valence-electron chi connectivity index (χ3n) is 6.03. The number of aliphatic carboxylic acids is 1. The minimum atomic E-state index is -0.685. The maximum Gasteiger partial charge on any atom is 0.303 e. The van der Waals surface area contributed by atoms with Gasteiger partial charge in [-0.3, -0.25) is 4.79 Å². The minimum absolute atomic E-state index is 0.287.